The van der Waals surface area contributed by atoms with Crippen molar-refractivity contribution in [3.63, 3.8) is 0 Å². The molecular weight excluding hydrogens is 262 g/mol. The van der Waals surface area contributed by atoms with Crippen molar-refractivity contribution in [2.75, 3.05) is 16.8 Å². The first-order valence-corrected chi connectivity index (χ1v) is 7.40. The summed E-state index contributed by atoms with van der Waals surface area (Å²) in [6.07, 6.45) is 2.15. The highest BCUT2D eigenvalue weighted by Crippen LogP contribution is 2.50. The van der Waals surface area contributed by atoms with E-state index in [0.717, 1.165) is 24.3 Å². The SMILES string of the molecule is O=C(O)CC1(CSCC(=O)Nc2ccccc2)CC1. The fourth-order valence-electron chi connectivity index (χ4n) is 1.95. The van der Waals surface area contributed by atoms with Gasteiger partial charge >= 0.3 is 5.97 Å². The van der Waals surface area contributed by atoms with E-state index in [-0.39, 0.29) is 17.7 Å². The van der Waals surface area contributed by atoms with Gasteiger partial charge in [-0.15, -0.1) is 0 Å². The van der Waals surface area contributed by atoms with E-state index < -0.39 is 5.97 Å². The third-order valence-electron chi connectivity index (χ3n) is 3.18. The maximum Gasteiger partial charge on any atom is 0.303 e. The number of carboxylic acids is 1. The Labute approximate surface area is 116 Å². The summed E-state index contributed by atoms with van der Waals surface area (Å²) in [6, 6.07) is 9.32. The second kappa shape index (κ2) is 6.10. The molecule has 0 atom stereocenters. The van der Waals surface area contributed by atoms with E-state index in [1.165, 1.54) is 11.8 Å². The van der Waals surface area contributed by atoms with Crippen LogP contribution in [-0.2, 0) is 9.59 Å². The van der Waals surface area contributed by atoms with Gasteiger partial charge in [-0.1, -0.05) is 18.2 Å². The van der Waals surface area contributed by atoms with Crippen LogP contribution in [0.3, 0.4) is 0 Å². The van der Waals surface area contributed by atoms with Gasteiger partial charge in [0.1, 0.15) is 0 Å². The van der Waals surface area contributed by atoms with Crippen LogP contribution in [0.25, 0.3) is 0 Å². The Morgan fingerprint density at radius 2 is 1.95 bits per heavy atom. The molecule has 1 saturated carbocycles. The van der Waals surface area contributed by atoms with Crippen LogP contribution in [0.2, 0.25) is 0 Å². The topological polar surface area (TPSA) is 66.4 Å². The van der Waals surface area contributed by atoms with Gasteiger partial charge < -0.3 is 10.4 Å². The van der Waals surface area contributed by atoms with Crippen molar-refractivity contribution in [2.45, 2.75) is 19.3 Å². The number of nitrogens with one attached hydrogen (secondary N) is 1. The molecule has 1 aromatic carbocycles. The fourth-order valence-corrected chi connectivity index (χ4v) is 3.13. The minimum Gasteiger partial charge on any atom is -0.481 e. The summed E-state index contributed by atoms with van der Waals surface area (Å²) in [5.41, 5.74) is 0.739. The van der Waals surface area contributed by atoms with Gasteiger partial charge in [0.15, 0.2) is 0 Å². The van der Waals surface area contributed by atoms with Crippen LogP contribution in [0.15, 0.2) is 30.3 Å². The average molecular weight is 279 g/mol. The molecule has 102 valence electrons. The number of rotatable bonds is 7. The number of benzene rings is 1. The van der Waals surface area contributed by atoms with E-state index >= 15 is 0 Å². The highest BCUT2D eigenvalue weighted by Gasteiger charge is 2.44. The molecule has 0 unspecified atom stereocenters. The van der Waals surface area contributed by atoms with Gasteiger partial charge in [-0.25, -0.2) is 0 Å². The highest BCUT2D eigenvalue weighted by molar-refractivity contribution is 8.00. The molecule has 1 aliphatic rings. The van der Waals surface area contributed by atoms with E-state index in [2.05, 4.69) is 5.32 Å². The summed E-state index contributed by atoms with van der Waals surface area (Å²) in [5.74, 6) is 0.340. The van der Waals surface area contributed by atoms with Crippen molar-refractivity contribution < 1.29 is 14.7 Å². The van der Waals surface area contributed by atoms with Crippen molar-refractivity contribution in [1.29, 1.82) is 0 Å². The predicted molar refractivity (Wildman–Crippen MR) is 76.3 cm³/mol. The quantitative estimate of drug-likeness (QED) is 0.805. The Balaban J connectivity index is 1.69. The van der Waals surface area contributed by atoms with Crippen molar-refractivity contribution in [2.24, 2.45) is 5.41 Å². The lowest BCUT2D eigenvalue weighted by atomic mass is 10.1. The van der Waals surface area contributed by atoms with Crippen LogP contribution in [0.1, 0.15) is 19.3 Å². The van der Waals surface area contributed by atoms with E-state index in [4.69, 9.17) is 5.11 Å². The molecule has 2 rings (SSSR count). The molecule has 0 aliphatic heterocycles. The third-order valence-corrected chi connectivity index (χ3v) is 4.47. The van der Waals surface area contributed by atoms with Crippen LogP contribution in [0.5, 0.6) is 0 Å². The molecule has 1 aliphatic carbocycles. The zero-order valence-corrected chi connectivity index (χ0v) is 11.4. The van der Waals surface area contributed by atoms with Gasteiger partial charge in [-0.05, 0) is 36.1 Å². The molecule has 0 aromatic heterocycles. The first-order valence-electron chi connectivity index (χ1n) is 6.24. The molecular formula is C14H17NO3S. The molecule has 1 aromatic rings. The number of hydrogen-bond donors (Lipinski definition) is 2. The van der Waals surface area contributed by atoms with Crippen molar-refractivity contribution >= 4 is 29.3 Å². The molecule has 0 radical (unpaired) electrons. The summed E-state index contributed by atoms with van der Waals surface area (Å²) < 4.78 is 0. The number of carboxylic acid groups (broad SMARTS) is 1. The number of aliphatic carboxylic acids is 1. The van der Waals surface area contributed by atoms with Gasteiger partial charge in [0.2, 0.25) is 5.91 Å². The van der Waals surface area contributed by atoms with Gasteiger partial charge in [-0.3, -0.25) is 9.59 Å². The standard InChI is InChI=1S/C14H17NO3S/c16-12(15-11-4-2-1-3-5-11)9-19-10-14(6-7-14)8-13(17)18/h1-5H,6-10H2,(H,15,16)(H,17,18). The number of anilines is 1. The van der Waals surface area contributed by atoms with Gasteiger partial charge in [0, 0.05) is 5.69 Å². The Bertz CT molecular complexity index is 457. The molecule has 4 nitrogen and oxygen atoms in total. The second-order valence-electron chi connectivity index (χ2n) is 4.98. The van der Waals surface area contributed by atoms with Crippen LogP contribution in [-0.4, -0.2) is 28.5 Å². The molecule has 2 N–H and O–H groups in total. The molecule has 5 heteroatoms. The van der Waals surface area contributed by atoms with Crippen LogP contribution in [0.4, 0.5) is 5.69 Å². The van der Waals surface area contributed by atoms with E-state index in [9.17, 15) is 9.59 Å². The number of carbonyl (C=O) groups excluding carboxylic acids is 1. The fraction of sp³-hybridized carbons (Fsp3) is 0.429. The smallest absolute Gasteiger partial charge is 0.303 e. The predicted octanol–water partition coefficient (Wildman–Crippen LogP) is 2.61. The number of carbonyl (C=O) groups is 2. The highest BCUT2D eigenvalue weighted by atomic mass is 32.2. The van der Waals surface area contributed by atoms with E-state index in [1.807, 2.05) is 30.3 Å². The molecule has 0 bridgehead atoms. The number of hydrogen-bond acceptors (Lipinski definition) is 3. The Kier molecular flexibility index (Phi) is 4.47. The largest absolute Gasteiger partial charge is 0.481 e. The lowest BCUT2D eigenvalue weighted by Crippen LogP contribution is -2.17. The van der Waals surface area contributed by atoms with Crippen LogP contribution in [0, 0.1) is 5.41 Å². The molecule has 0 heterocycles. The van der Waals surface area contributed by atoms with Crippen LogP contribution < -0.4 is 5.32 Å². The van der Waals surface area contributed by atoms with Crippen molar-refractivity contribution in [1.82, 2.24) is 0 Å². The molecule has 1 amide bonds. The van der Waals surface area contributed by atoms with Gasteiger partial charge in [0.25, 0.3) is 0 Å². The Hall–Kier alpha value is -1.49. The summed E-state index contributed by atoms with van der Waals surface area (Å²) in [6.45, 7) is 0. The summed E-state index contributed by atoms with van der Waals surface area (Å²) in [4.78, 5) is 22.4. The zero-order chi connectivity index (χ0) is 13.7. The van der Waals surface area contributed by atoms with Crippen molar-refractivity contribution in [3.8, 4) is 0 Å². The molecule has 19 heavy (non-hydrogen) atoms. The first kappa shape index (κ1) is 13.9. The average Bonchev–Trinajstić information content (AvgIpc) is 3.09. The monoisotopic (exact) mass is 279 g/mol. The molecule has 0 spiro atoms. The van der Waals surface area contributed by atoms with Crippen LogP contribution >= 0.6 is 11.8 Å². The van der Waals surface area contributed by atoms with Gasteiger partial charge in [-0.2, -0.15) is 11.8 Å². The van der Waals surface area contributed by atoms with E-state index in [0.29, 0.717) is 5.75 Å². The zero-order valence-electron chi connectivity index (χ0n) is 10.6. The number of para-hydroxylation sites is 1. The lowest BCUT2D eigenvalue weighted by molar-refractivity contribution is -0.138. The normalized spacial score (nSPS) is 15.8. The van der Waals surface area contributed by atoms with Crippen molar-refractivity contribution in [3.05, 3.63) is 30.3 Å². The Morgan fingerprint density at radius 1 is 1.26 bits per heavy atom. The third kappa shape index (κ3) is 4.59. The Morgan fingerprint density at radius 3 is 2.53 bits per heavy atom. The number of amides is 1. The molecule has 1 fully saturated rings. The maximum atomic E-state index is 11.7. The molecule has 0 saturated heterocycles. The second-order valence-corrected chi connectivity index (χ2v) is 5.96. The van der Waals surface area contributed by atoms with E-state index in [1.54, 1.807) is 0 Å². The van der Waals surface area contributed by atoms with Gasteiger partial charge in [0.05, 0.1) is 12.2 Å². The summed E-state index contributed by atoms with van der Waals surface area (Å²) in [7, 11) is 0. The maximum absolute atomic E-state index is 11.7. The lowest BCUT2D eigenvalue weighted by Gasteiger charge is -2.11. The minimum atomic E-state index is -0.744. The summed E-state index contributed by atoms with van der Waals surface area (Å²) in [5, 5.41) is 11.6. The number of thioether (sulfide) groups is 1. The minimum absolute atomic E-state index is 0.0395. The first-order chi connectivity index (χ1) is 9.10. The summed E-state index contributed by atoms with van der Waals surface area (Å²) >= 11 is 1.52.